The summed E-state index contributed by atoms with van der Waals surface area (Å²) in [4.78, 5) is 11.8. The van der Waals surface area contributed by atoms with Gasteiger partial charge in [-0.1, -0.05) is 32.4 Å². The molecule has 0 bridgehead atoms. The maximum atomic E-state index is 11.8. The van der Waals surface area contributed by atoms with Gasteiger partial charge in [-0.25, -0.2) is 0 Å². The Labute approximate surface area is 99.2 Å². The predicted molar refractivity (Wildman–Crippen MR) is 64.8 cm³/mol. The van der Waals surface area contributed by atoms with Crippen LogP contribution >= 0.6 is 23.4 Å². The highest BCUT2D eigenvalue weighted by molar-refractivity contribution is 8.01. The molecule has 84 valence electrons. The third kappa shape index (κ3) is 3.54. The topological polar surface area (TPSA) is 34.9 Å². The molecule has 0 saturated heterocycles. The van der Waals surface area contributed by atoms with Crippen LogP contribution < -0.4 is 0 Å². The van der Waals surface area contributed by atoms with E-state index >= 15 is 0 Å². The van der Waals surface area contributed by atoms with E-state index < -0.39 is 0 Å². The highest BCUT2D eigenvalue weighted by atomic mass is 35.5. The van der Waals surface area contributed by atoms with Crippen molar-refractivity contribution in [2.24, 2.45) is 7.05 Å². The van der Waals surface area contributed by atoms with Gasteiger partial charge in [-0.2, -0.15) is 5.10 Å². The molecule has 1 rings (SSSR count). The van der Waals surface area contributed by atoms with Crippen molar-refractivity contribution in [3.8, 4) is 0 Å². The number of hydrogen-bond donors (Lipinski definition) is 0. The average molecular weight is 247 g/mol. The van der Waals surface area contributed by atoms with E-state index in [1.54, 1.807) is 18.8 Å². The lowest BCUT2D eigenvalue weighted by molar-refractivity contribution is 0.101. The van der Waals surface area contributed by atoms with Crippen LogP contribution in [-0.2, 0) is 7.05 Å². The van der Waals surface area contributed by atoms with Crippen molar-refractivity contribution >= 4 is 29.1 Å². The first kappa shape index (κ1) is 12.6. The van der Waals surface area contributed by atoms with Gasteiger partial charge in [0, 0.05) is 11.8 Å². The molecular formula is C10H15ClN2OS. The molecule has 0 amide bonds. The number of Topliss-reactive ketones (excluding diaryl/α,β-unsaturated/α-hetero) is 1. The second-order valence-electron chi connectivity index (χ2n) is 4.29. The molecule has 0 fully saturated rings. The lowest BCUT2D eigenvalue weighted by atomic mass is 10.3. The molecule has 0 aromatic carbocycles. The highest BCUT2D eigenvalue weighted by Crippen LogP contribution is 2.25. The van der Waals surface area contributed by atoms with E-state index in [9.17, 15) is 4.79 Å². The standard InChI is InChI=1S/C10H15ClN2OS/c1-10(2,3)15-6-8(14)9-7(11)5-12-13(9)4/h5H,6H2,1-4H3. The maximum Gasteiger partial charge on any atom is 0.192 e. The van der Waals surface area contributed by atoms with Gasteiger partial charge in [0.15, 0.2) is 5.78 Å². The molecule has 0 N–H and O–H groups in total. The van der Waals surface area contributed by atoms with E-state index in [4.69, 9.17) is 11.6 Å². The summed E-state index contributed by atoms with van der Waals surface area (Å²) in [5.41, 5.74) is 0.494. The number of thioether (sulfide) groups is 1. The van der Waals surface area contributed by atoms with Gasteiger partial charge in [0.25, 0.3) is 0 Å². The molecular weight excluding hydrogens is 232 g/mol. The monoisotopic (exact) mass is 246 g/mol. The Morgan fingerprint density at radius 3 is 2.60 bits per heavy atom. The first-order valence-electron chi connectivity index (χ1n) is 4.66. The number of carbonyl (C=O) groups excluding carboxylic acids is 1. The first-order chi connectivity index (χ1) is 6.81. The Bertz CT molecular complexity index is 348. The number of ketones is 1. The molecule has 0 aliphatic heterocycles. The molecule has 15 heavy (non-hydrogen) atoms. The van der Waals surface area contributed by atoms with Gasteiger partial charge in [-0.05, 0) is 0 Å². The summed E-state index contributed by atoms with van der Waals surface area (Å²) in [6, 6.07) is 0. The van der Waals surface area contributed by atoms with E-state index in [-0.39, 0.29) is 10.5 Å². The van der Waals surface area contributed by atoms with Gasteiger partial charge in [-0.15, -0.1) is 11.8 Å². The third-order valence-electron chi connectivity index (χ3n) is 1.79. The van der Waals surface area contributed by atoms with Gasteiger partial charge in [0.2, 0.25) is 0 Å². The lowest BCUT2D eigenvalue weighted by Crippen LogP contribution is -2.15. The van der Waals surface area contributed by atoms with Crippen LogP contribution in [0.5, 0.6) is 0 Å². The van der Waals surface area contributed by atoms with Gasteiger partial charge in [-0.3, -0.25) is 9.48 Å². The van der Waals surface area contributed by atoms with Crippen LogP contribution in [0.15, 0.2) is 6.20 Å². The number of aryl methyl sites for hydroxylation is 1. The van der Waals surface area contributed by atoms with Gasteiger partial charge in [0.1, 0.15) is 5.69 Å². The largest absolute Gasteiger partial charge is 0.291 e. The summed E-state index contributed by atoms with van der Waals surface area (Å²) in [6.07, 6.45) is 1.50. The molecule has 5 heteroatoms. The summed E-state index contributed by atoms with van der Waals surface area (Å²) in [6.45, 7) is 6.24. The molecule has 0 radical (unpaired) electrons. The minimum absolute atomic E-state index is 0.0277. The Morgan fingerprint density at radius 1 is 1.60 bits per heavy atom. The Morgan fingerprint density at radius 2 is 2.20 bits per heavy atom. The minimum atomic E-state index is 0.0277. The van der Waals surface area contributed by atoms with Crippen LogP contribution in [0.25, 0.3) is 0 Å². The zero-order valence-electron chi connectivity index (χ0n) is 9.37. The summed E-state index contributed by atoms with van der Waals surface area (Å²) in [7, 11) is 1.72. The molecule has 0 saturated carbocycles. The SMILES string of the molecule is Cn1ncc(Cl)c1C(=O)CSC(C)(C)C. The number of halogens is 1. The van der Waals surface area contributed by atoms with Gasteiger partial charge in [0.05, 0.1) is 17.0 Å². The fraction of sp³-hybridized carbons (Fsp3) is 0.600. The second-order valence-corrected chi connectivity index (χ2v) is 6.50. The molecule has 3 nitrogen and oxygen atoms in total. The van der Waals surface area contributed by atoms with Crippen molar-refractivity contribution in [1.82, 2.24) is 9.78 Å². The Kier molecular flexibility index (Phi) is 3.84. The van der Waals surface area contributed by atoms with E-state index in [2.05, 4.69) is 25.9 Å². The van der Waals surface area contributed by atoms with Crippen molar-refractivity contribution in [3.05, 3.63) is 16.9 Å². The zero-order valence-corrected chi connectivity index (χ0v) is 10.9. The number of rotatable bonds is 3. The van der Waals surface area contributed by atoms with E-state index in [0.29, 0.717) is 16.5 Å². The Hall–Kier alpha value is -0.480. The number of aromatic nitrogens is 2. The molecule has 1 aromatic heterocycles. The van der Waals surface area contributed by atoms with Crippen LogP contribution in [-0.4, -0.2) is 26.1 Å². The summed E-state index contributed by atoms with van der Waals surface area (Å²) in [5.74, 6) is 0.461. The van der Waals surface area contributed by atoms with Crippen molar-refractivity contribution in [1.29, 1.82) is 0 Å². The van der Waals surface area contributed by atoms with Gasteiger partial charge >= 0.3 is 0 Å². The van der Waals surface area contributed by atoms with Crippen molar-refractivity contribution in [3.63, 3.8) is 0 Å². The number of hydrogen-bond acceptors (Lipinski definition) is 3. The van der Waals surface area contributed by atoms with Crippen molar-refractivity contribution in [2.45, 2.75) is 25.5 Å². The van der Waals surface area contributed by atoms with E-state index in [0.717, 1.165) is 0 Å². The molecule has 1 aromatic rings. The fourth-order valence-corrected chi connectivity index (χ4v) is 2.05. The normalized spacial score (nSPS) is 11.8. The van der Waals surface area contributed by atoms with E-state index in [1.807, 2.05) is 0 Å². The van der Waals surface area contributed by atoms with Gasteiger partial charge < -0.3 is 0 Å². The van der Waals surface area contributed by atoms with Crippen molar-refractivity contribution < 1.29 is 4.79 Å². The molecule has 1 heterocycles. The van der Waals surface area contributed by atoms with E-state index in [1.165, 1.54) is 10.9 Å². The molecule has 0 aliphatic rings. The lowest BCUT2D eigenvalue weighted by Gasteiger charge is -2.16. The number of carbonyl (C=O) groups is 1. The minimum Gasteiger partial charge on any atom is -0.291 e. The fourth-order valence-electron chi connectivity index (χ4n) is 1.07. The number of nitrogens with zero attached hydrogens (tertiary/aromatic N) is 2. The van der Waals surface area contributed by atoms with Crippen LogP contribution in [0.2, 0.25) is 5.02 Å². The van der Waals surface area contributed by atoms with Crippen LogP contribution in [0.3, 0.4) is 0 Å². The summed E-state index contributed by atoms with van der Waals surface area (Å²) < 4.78 is 1.61. The third-order valence-corrected chi connectivity index (χ3v) is 3.34. The zero-order chi connectivity index (χ0) is 11.6. The van der Waals surface area contributed by atoms with Crippen LogP contribution in [0.4, 0.5) is 0 Å². The maximum absolute atomic E-state index is 11.8. The second kappa shape index (κ2) is 4.58. The van der Waals surface area contributed by atoms with Crippen molar-refractivity contribution in [2.75, 3.05) is 5.75 Å². The highest BCUT2D eigenvalue weighted by Gasteiger charge is 2.19. The summed E-state index contributed by atoms with van der Waals surface area (Å²) in [5, 5.41) is 4.36. The van der Waals surface area contributed by atoms with Crippen LogP contribution in [0.1, 0.15) is 31.3 Å². The molecule has 0 unspecified atom stereocenters. The quantitative estimate of drug-likeness (QED) is 0.770. The molecule has 0 aliphatic carbocycles. The molecule has 0 spiro atoms. The van der Waals surface area contributed by atoms with Crippen LogP contribution in [0, 0.1) is 0 Å². The molecule has 0 atom stereocenters. The predicted octanol–water partition coefficient (Wildman–Crippen LogP) is 2.79. The first-order valence-corrected chi connectivity index (χ1v) is 6.02. The summed E-state index contributed by atoms with van der Waals surface area (Å²) >= 11 is 7.48. The smallest absolute Gasteiger partial charge is 0.192 e. The average Bonchev–Trinajstić information content (AvgIpc) is 2.41. The Balaban J connectivity index is 2.70.